The lowest BCUT2D eigenvalue weighted by atomic mass is 10.3. The van der Waals surface area contributed by atoms with Crippen LogP contribution in [0.2, 0.25) is 0 Å². The minimum Gasteiger partial charge on any atom is -0.487 e. The van der Waals surface area contributed by atoms with Gasteiger partial charge in [-0.1, -0.05) is 18.2 Å². The Labute approximate surface area is 121 Å². The summed E-state index contributed by atoms with van der Waals surface area (Å²) >= 11 is 0. The van der Waals surface area contributed by atoms with Crippen LogP contribution in [0, 0.1) is 0 Å². The minimum absolute atomic E-state index is 0.0632. The molecule has 0 amide bonds. The minimum atomic E-state index is -1.16. The molecule has 1 aromatic carbocycles. The molecule has 7 nitrogen and oxygen atoms in total. The van der Waals surface area contributed by atoms with Gasteiger partial charge in [-0.15, -0.1) is 0 Å². The molecule has 2 aromatic rings. The van der Waals surface area contributed by atoms with Crippen molar-refractivity contribution in [2.45, 2.75) is 0 Å². The lowest BCUT2D eigenvalue weighted by molar-refractivity contribution is 0.0653. The Morgan fingerprint density at radius 1 is 1.19 bits per heavy atom. The fourth-order valence-electron chi connectivity index (χ4n) is 1.70. The highest BCUT2D eigenvalue weighted by Gasteiger charge is 2.17. The molecule has 7 heteroatoms. The van der Waals surface area contributed by atoms with Gasteiger partial charge in [-0.05, 0) is 12.1 Å². The summed E-state index contributed by atoms with van der Waals surface area (Å²) in [5.41, 5.74) is 0.590. The van der Waals surface area contributed by atoms with Crippen molar-refractivity contribution in [3.8, 4) is 11.4 Å². The molecule has 2 N–H and O–H groups in total. The number of carboxylic acid groups (broad SMARTS) is 1. The number of nitrogens with zero attached hydrogens (tertiary/aromatic N) is 2. The van der Waals surface area contributed by atoms with Crippen LogP contribution in [0.3, 0.4) is 0 Å². The van der Waals surface area contributed by atoms with Gasteiger partial charge in [0.15, 0.2) is 5.75 Å². The van der Waals surface area contributed by atoms with Gasteiger partial charge in [-0.3, -0.25) is 0 Å². The van der Waals surface area contributed by atoms with Crippen LogP contribution in [-0.2, 0) is 4.74 Å². The second-order valence-electron chi connectivity index (χ2n) is 4.11. The highest BCUT2D eigenvalue weighted by atomic mass is 16.5. The molecule has 0 fully saturated rings. The summed E-state index contributed by atoms with van der Waals surface area (Å²) in [6.45, 7) is 0.599. The van der Waals surface area contributed by atoms with Crippen LogP contribution in [-0.4, -0.2) is 52.4 Å². The number of para-hydroxylation sites is 1. The maximum atomic E-state index is 11.2. The summed E-state index contributed by atoms with van der Waals surface area (Å²) in [6, 6.07) is 9.15. The first-order valence-electron chi connectivity index (χ1n) is 6.42. The smallest absolute Gasteiger partial charge is 0.360 e. The normalized spacial score (nSPS) is 10.5. The van der Waals surface area contributed by atoms with Gasteiger partial charge in [0.1, 0.15) is 6.61 Å². The van der Waals surface area contributed by atoms with Crippen LogP contribution in [0.1, 0.15) is 10.5 Å². The number of aromatic carboxylic acids is 1. The van der Waals surface area contributed by atoms with Crippen LogP contribution in [0.25, 0.3) is 5.69 Å². The summed E-state index contributed by atoms with van der Waals surface area (Å²) in [7, 11) is 0. The van der Waals surface area contributed by atoms with Gasteiger partial charge in [-0.25, -0.2) is 9.48 Å². The van der Waals surface area contributed by atoms with E-state index in [-0.39, 0.29) is 37.9 Å². The number of benzene rings is 1. The average Bonchev–Trinajstić information content (AvgIpc) is 2.92. The highest BCUT2D eigenvalue weighted by molar-refractivity contribution is 5.88. The summed E-state index contributed by atoms with van der Waals surface area (Å²) in [5.74, 6) is -0.977. The largest absolute Gasteiger partial charge is 0.487 e. The molecule has 0 saturated carbocycles. The molecule has 0 aliphatic heterocycles. The van der Waals surface area contributed by atoms with Crippen molar-refractivity contribution in [2.75, 3.05) is 26.4 Å². The number of hydrogen-bond acceptors (Lipinski definition) is 5. The average molecular weight is 292 g/mol. The Morgan fingerprint density at radius 3 is 2.62 bits per heavy atom. The fourth-order valence-corrected chi connectivity index (χ4v) is 1.70. The number of rotatable bonds is 8. The number of carbonyl (C=O) groups is 1. The van der Waals surface area contributed by atoms with Gasteiger partial charge in [0.2, 0.25) is 5.69 Å². The summed E-state index contributed by atoms with van der Waals surface area (Å²) in [4.78, 5) is 11.2. The highest BCUT2D eigenvalue weighted by Crippen LogP contribution is 2.19. The Morgan fingerprint density at radius 2 is 1.95 bits per heavy atom. The van der Waals surface area contributed by atoms with Crippen molar-refractivity contribution in [2.24, 2.45) is 0 Å². The van der Waals surface area contributed by atoms with Gasteiger partial charge in [0.25, 0.3) is 0 Å². The van der Waals surface area contributed by atoms with Crippen molar-refractivity contribution >= 4 is 5.97 Å². The molecule has 2 rings (SSSR count). The lowest BCUT2D eigenvalue weighted by Crippen LogP contribution is -2.10. The zero-order valence-corrected chi connectivity index (χ0v) is 11.3. The summed E-state index contributed by atoms with van der Waals surface area (Å²) in [5, 5.41) is 21.7. The Hall–Kier alpha value is -2.38. The number of aromatic nitrogens is 2. The zero-order valence-electron chi connectivity index (χ0n) is 11.3. The molecule has 21 heavy (non-hydrogen) atoms. The van der Waals surface area contributed by atoms with Crippen molar-refractivity contribution in [3.63, 3.8) is 0 Å². The predicted molar refractivity (Wildman–Crippen MR) is 73.9 cm³/mol. The monoisotopic (exact) mass is 292 g/mol. The third-order valence-electron chi connectivity index (χ3n) is 2.62. The van der Waals surface area contributed by atoms with Crippen molar-refractivity contribution in [1.29, 1.82) is 0 Å². The van der Waals surface area contributed by atoms with E-state index in [1.165, 1.54) is 10.9 Å². The first kappa shape index (κ1) is 15.0. The number of aliphatic hydroxyl groups is 1. The summed E-state index contributed by atoms with van der Waals surface area (Å²) < 4.78 is 11.9. The molecule has 0 radical (unpaired) electrons. The van der Waals surface area contributed by atoms with Gasteiger partial charge >= 0.3 is 5.97 Å². The SMILES string of the molecule is O=C(O)c1nn(-c2ccccc2)cc1OCCOCCO. The molecule has 0 spiro atoms. The first-order chi connectivity index (χ1) is 10.2. The lowest BCUT2D eigenvalue weighted by Gasteiger charge is -2.04. The van der Waals surface area contributed by atoms with Crippen LogP contribution in [0.4, 0.5) is 0 Å². The molecule has 1 heterocycles. The van der Waals surface area contributed by atoms with Gasteiger partial charge in [0, 0.05) is 0 Å². The van der Waals surface area contributed by atoms with E-state index in [0.717, 1.165) is 5.69 Å². The van der Waals surface area contributed by atoms with E-state index in [1.807, 2.05) is 30.3 Å². The Kier molecular flexibility index (Phi) is 5.30. The van der Waals surface area contributed by atoms with Crippen LogP contribution in [0.15, 0.2) is 36.5 Å². The number of carboxylic acids is 1. The second-order valence-corrected chi connectivity index (χ2v) is 4.11. The molecule has 0 saturated heterocycles. The fraction of sp³-hybridized carbons (Fsp3) is 0.286. The molecule has 0 aliphatic carbocycles. The second kappa shape index (κ2) is 7.41. The van der Waals surface area contributed by atoms with Crippen molar-refractivity contribution in [3.05, 3.63) is 42.2 Å². The predicted octanol–water partition coefficient (Wildman–Crippen LogP) is 0.958. The molecule has 112 valence electrons. The van der Waals surface area contributed by atoms with E-state index in [1.54, 1.807) is 0 Å². The first-order valence-corrected chi connectivity index (χ1v) is 6.42. The maximum Gasteiger partial charge on any atom is 0.360 e. The topological polar surface area (TPSA) is 93.8 Å². The van der Waals surface area contributed by atoms with Crippen molar-refractivity contribution < 1.29 is 24.5 Å². The van der Waals surface area contributed by atoms with Gasteiger partial charge in [-0.2, -0.15) is 5.10 Å². The molecular formula is C14H16N2O5. The third kappa shape index (κ3) is 4.04. The molecule has 1 aromatic heterocycles. The Balaban J connectivity index is 2.09. The number of hydrogen-bond donors (Lipinski definition) is 2. The molecule has 0 unspecified atom stereocenters. The third-order valence-corrected chi connectivity index (χ3v) is 2.62. The van der Waals surface area contributed by atoms with Crippen LogP contribution < -0.4 is 4.74 Å². The van der Waals surface area contributed by atoms with E-state index in [0.29, 0.717) is 0 Å². The van der Waals surface area contributed by atoms with Gasteiger partial charge < -0.3 is 19.7 Å². The Bertz CT molecular complexity index is 582. The quantitative estimate of drug-likeness (QED) is 0.704. The maximum absolute atomic E-state index is 11.2. The standard InChI is InChI=1S/C14H16N2O5/c17-6-7-20-8-9-21-12-10-16(15-13(12)14(18)19)11-4-2-1-3-5-11/h1-5,10,17H,6-9H2,(H,18,19). The van der Waals surface area contributed by atoms with Gasteiger partial charge in [0.05, 0.1) is 31.7 Å². The van der Waals surface area contributed by atoms with E-state index < -0.39 is 5.97 Å². The van der Waals surface area contributed by atoms with E-state index in [9.17, 15) is 4.79 Å². The summed E-state index contributed by atoms with van der Waals surface area (Å²) in [6.07, 6.45) is 1.52. The van der Waals surface area contributed by atoms with Crippen LogP contribution in [0.5, 0.6) is 5.75 Å². The molecule has 0 bridgehead atoms. The van der Waals surface area contributed by atoms with Crippen LogP contribution >= 0.6 is 0 Å². The molecule has 0 aliphatic rings. The van der Waals surface area contributed by atoms with E-state index in [2.05, 4.69) is 5.10 Å². The molecule has 0 atom stereocenters. The van der Waals surface area contributed by atoms with Crippen molar-refractivity contribution in [1.82, 2.24) is 9.78 Å². The number of aliphatic hydroxyl groups excluding tert-OH is 1. The zero-order chi connectivity index (χ0) is 15.1. The molecular weight excluding hydrogens is 276 g/mol. The van der Waals surface area contributed by atoms with E-state index in [4.69, 9.17) is 19.7 Å². The van der Waals surface area contributed by atoms with E-state index >= 15 is 0 Å². The number of ether oxygens (including phenoxy) is 2.